The Bertz CT molecular complexity index is 1910. The fraction of sp³-hybridized carbons (Fsp3) is 0.286. The van der Waals surface area contributed by atoms with Crippen LogP contribution in [0.2, 0.25) is 0 Å². The van der Waals surface area contributed by atoms with Crippen molar-refractivity contribution in [2.45, 2.75) is 45.6 Å². The number of para-hydroxylation sites is 1. The van der Waals surface area contributed by atoms with Crippen LogP contribution in [-0.2, 0) is 27.0 Å². The average Bonchev–Trinajstić information content (AvgIpc) is 3.31. The number of hydrogen-bond donors (Lipinski definition) is 2. The summed E-state index contributed by atoms with van der Waals surface area (Å²) in [5.41, 5.74) is 1.32. The molecule has 2 N–H and O–H groups in total. The molecule has 0 bridgehead atoms. The average molecular weight is 630 g/mol. The second kappa shape index (κ2) is 12.5. The molecular formula is C35H39N3O6S. The fourth-order valence-corrected chi connectivity index (χ4v) is 6.10. The summed E-state index contributed by atoms with van der Waals surface area (Å²) in [4.78, 5) is 13.2. The third kappa shape index (κ3) is 7.47. The second-order valence-corrected chi connectivity index (χ2v) is 14.1. The molecule has 0 spiro atoms. The van der Waals surface area contributed by atoms with Crippen molar-refractivity contribution < 1.29 is 27.8 Å². The van der Waals surface area contributed by atoms with Crippen molar-refractivity contribution in [1.29, 1.82) is 0 Å². The Balaban J connectivity index is 1.26. The van der Waals surface area contributed by atoms with Gasteiger partial charge in [-0.3, -0.25) is 9.62 Å². The van der Waals surface area contributed by atoms with Gasteiger partial charge in [0.1, 0.15) is 23.7 Å². The van der Waals surface area contributed by atoms with Gasteiger partial charge in [-0.15, -0.1) is 0 Å². The molecule has 5 rings (SSSR count). The lowest BCUT2D eigenvalue weighted by Crippen LogP contribution is -2.41. The van der Waals surface area contributed by atoms with Crippen LogP contribution in [0.1, 0.15) is 38.8 Å². The van der Waals surface area contributed by atoms with E-state index in [1.54, 1.807) is 35.8 Å². The third-order valence-electron chi connectivity index (χ3n) is 7.35. The van der Waals surface area contributed by atoms with Gasteiger partial charge in [0, 0.05) is 23.4 Å². The van der Waals surface area contributed by atoms with Gasteiger partial charge in [-0.2, -0.15) is 0 Å². The number of carbonyl (C=O) groups excluding carboxylic acids is 1. The highest BCUT2D eigenvalue weighted by molar-refractivity contribution is 7.92. The Morgan fingerprint density at radius 1 is 0.867 bits per heavy atom. The molecule has 1 heterocycles. The molecule has 0 fully saturated rings. The predicted molar refractivity (Wildman–Crippen MR) is 178 cm³/mol. The van der Waals surface area contributed by atoms with Crippen LogP contribution in [0.25, 0.3) is 21.8 Å². The standard InChI is InChI=1S/C35H39N3O6S/c1-34(2,3)44-33(39)38-31-14-10-9-13-29(31)30-20-19-28(23-32(30)38)43-22-21-36-35(4,40)26-15-17-27(18-16-26)37(45(5,41)42)24-25-11-7-6-8-12-25/h6-20,23,36,40H,21-22,24H2,1-5H3/t35-/m1/s1. The smallest absolute Gasteiger partial charge is 0.419 e. The van der Waals surface area contributed by atoms with Crippen LogP contribution in [0.3, 0.4) is 0 Å². The van der Waals surface area contributed by atoms with Crippen LogP contribution in [0.15, 0.2) is 97.1 Å². The minimum atomic E-state index is -3.53. The summed E-state index contributed by atoms with van der Waals surface area (Å²) in [5.74, 6) is 0.570. The third-order valence-corrected chi connectivity index (χ3v) is 8.49. The molecule has 45 heavy (non-hydrogen) atoms. The molecule has 0 aliphatic carbocycles. The van der Waals surface area contributed by atoms with Crippen LogP contribution < -0.4 is 14.4 Å². The van der Waals surface area contributed by atoms with Gasteiger partial charge >= 0.3 is 6.09 Å². The molecule has 10 heteroatoms. The number of nitrogens with one attached hydrogen (secondary N) is 1. The molecule has 5 aromatic rings. The monoisotopic (exact) mass is 629 g/mol. The van der Waals surface area contributed by atoms with Crippen molar-refractivity contribution in [3.63, 3.8) is 0 Å². The highest BCUT2D eigenvalue weighted by Gasteiger charge is 2.25. The molecule has 0 aliphatic rings. The topological polar surface area (TPSA) is 110 Å². The highest BCUT2D eigenvalue weighted by Crippen LogP contribution is 2.32. The van der Waals surface area contributed by atoms with E-state index in [1.165, 1.54) is 10.6 Å². The first-order valence-electron chi connectivity index (χ1n) is 14.7. The number of rotatable bonds is 10. The first-order valence-corrected chi connectivity index (χ1v) is 16.6. The maximum atomic E-state index is 13.2. The second-order valence-electron chi connectivity index (χ2n) is 12.2. The number of fused-ring (bicyclic) bond motifs is 3. The van der Waals surface area contributed by atoms with E-state index in [2.05, 4.69) is 5.32 Å². The molecule has 1 aromatic heterocycles. The first-order chi connectivity index (χ1) is 21.2. The number of carbonyl (C=O) groups is 1. The van der Waals surface area contributed by atoms with Gasteiger partial charge in [-0.05, 0) is 69.2 Å². The van der Waals surface area contributed by atoms with Gasteiger partial charge in [-0.1, -0.05) is 60.7 Å². The maximum Gasteiger partial charge on any atom is 0.419 e. The zero-order chi connectivity index (χ0) is 32.4. The molecule has 0 amide bonds. The van der Waals surface area contributed by atoms with Crippen molar-refractivity contribution in [3.8, 4) is 5.75 Å². The van der Waals surface area contributed by atoms with E-state index in [0.29, 0.717) is 29.1 Å². The van der Waals surface area contributed by atoms with Crippen LogP contribution in [0.4, 0.5) is 10.5 Å². The van der Waals surface area contributed by atoms with Gasteiger partial charge in [0.2, 0.25) is 10.0 Å². The Hall–Kier alpha value is -4.38. The Morgan fingerprint density at radius 2 is 1.51 bits per heavy atom. The zero-order valence-corrected chi connectivity index (χ0v) is 27.0. The SMILES string of the molecule is CC(C)(C)OC(=O)n1c2ccccc2c2ccc(OCCN[C@](C)(O)c3ccc(N(Cc4ccccc4)S(C)(=O)=O)cc3)cc21. The van der Waals surface area contributed by atoms with Crippen molar-refractivity contribution in [3.05, 3.63) is 108 Å². The molecule has 0 radical (unpaired) electrons. The molecule has 236 valence electrons. The fourth-order valence-electron chi connectivity index (χ4n) is 5.21. The number of anilines is 1. The first kappa shape index (κ1) is 32.0. The van der Waals surface area contributed by atoms with Crippen molar-refractivity contribution in [2.75, 3.05) is 23.7 Å². The van der Waals surface area contributed by atoms with E-state index >= 15 is 0 Å². The van der Waals surface area contributed by atoms with Crippen LogP contribution in [0, 0.1) is 0 Å². The number of ether oxygens (including phenoxy) is 2. The number of nitrogens with zero attached hydrogens (tertiary/aromatic N) is 2. The van der Waals surface area contributed by atoms with E-state index in [0.717, 1.165) is 21.9 Å². The number of hydrogen-bond acceptors (Lipinski definition) is 7. The summed E-state index contributed by atoms with van der Waals surface area (Å²) >= 11 is 0. The maximum absolute atomic E-state index is 13.2. The summed E-state index contributed by atoms with van der Waals surface area (Å²) < 4.78 is 39.7. The number of aliphatic hydroxyl groups is 1. The van der Waals surface area contributed by atoms with Gasteiger partial charge in [0.15, 0.2) is 0 Å². The van der Waals surface area contributed by atoms with Gasteiger partial charge in [0.05, 0.1) is 29.5 Å². The highest BCUT2D eigenvalue weighted by atomic mass is 32.2. The minimum absolute atomic E-state index is 0.204. The van der Waals surface area contributed by atoms with Crippen LogP contribution in [-0.4, -0.2) is 49.2 Å². The Morgan fingerprint density at radius 3 is 2.18 bits per heavy atom. The lowest BCUT2D eigenvalue weighted by molar-refractivity contribution is 0.0169. The molecule has 9 nitrogen and oxygen atoms in total. The van der Waals surface area contributed by atoms with E-state index in [1.807, 2.05) is 93.6 Å². The summed E-state index contributed by atoms with van der Waals surface area (Å²) in [6.45, 7) is 7.89. The molecule has 0 aliphatic heterocycles. The Kier molecular flexibility index (Phi) is 8.93. The van der Waals surface area contributed by atoms with Crippen molar-refractivity contribution in [1.82, 2.24) is 9.88 Å². The molecule has 4 aromatic carbocycles. The predicted octanol–water partition coefficient (Wildman–Crippen LogP) is 6.38. The van der Waals surface area contributed by atoms with Gasteiger partial charge in [-0.25, -0.2) is 17.8 Å². The van der Waals surface area contributed by atoms with E-state index in [4.69, 9.17) is 9.47 Å². The summed E-state index contributed by atoms with van der Waals surface area (Å²) in [6.07, 6.45) is 0.713. The number of aromatic nitrogens is 1. The quantitative estimate of drug-likeness (QED) is 0.136. The zero-order valence-electron chi connectivity index (χ0n) is 26.2. The lowest BCUT2D eigenvalue weighted by atomic mass is 10.0. The largest absolute Gasteiger partial charge is 0.492 e. The molecule has 0 unspecified atom stereocenters. The van der Waals surface area contributed by atoms with Gasteiger partial charge in [0.25, 0.3) is 0 Å². The lowest BCUT2D eigenvalue weighted by Gasteiger charge is -2.27. The molecule has 0 saturated heterocycles. The van der Waals surface area contributed by atoms with Gasteiger partial charge < -0.3 is 14.6 Å². The van der Waals surface area contributed by atoms with E-state index in [-0.39, 0.29) is 13.2 Å². The molecule has 1 atom stereocenters. The van der Waals surface area contributed by atoms with E-state index < -0.39 is 27.4 Å². The normalized spacial score (nSPS) is 13.5. The number of sulfonamides is 1. The minimum Gasteiger partial charge on any atom is -0.492 e. The Labute approximate surface area is 264 Å². The van der Waals surface area contributed by atoms with Crippen molar-refractivity contribution >= 4 is 43.6 Å². The summed E-state index contributed by atoms with van der Waals surface area (Å²) in [5, 5.41) is 16.1. The molecule has 0 saturated carbocycles. The van der Waals surface area contributed by atoms with Crippen LogP contribution >= 0.6 is 0 Å². The number of benzene rings is 4. The van der Waals surface area contributed by atoms with Crippen LogP contribution in [0.5, 0.6) is 5.75 Å². The summed E-state index contributed by atoms with van der Waals surface area (Å²) in [6, 6.07) is 29.4. The van der Waals surface area contributed by atoms with Crippen molar-refractivity contribution in [2.24, 2.45) is 0 Å². The summed E-state index contributed by atoms with van der Waals surface area (Å²) in [7, 11) is -3.53. The van der Waals surface area contributed by atoms with E-state index in [9.17, 15) is 18.3 Å². The molecular weight excluding hydrogens is 590 g/mol.